The quantitative estimate of drug-likeness (QED) is 0.796. The summed E-state index contributed by atoms with van der Waals surface area (Å²) >= 11 is 0. The van der Waals surface area contributed by atoms with Gasteiger partial charge in [0.2, 0.25) is 0 Å². The maximum absolute atomic E-state index is 12.9. The van der Waals surface area contributed by atoms with Crippen LogP contribution >= 0.6 is 0 Å². The highest BCUT2D eigenvalue weighted by Gasteiger charge is 2.32. The number of halogens is 2. The number of nitrogens with zero attached hydrogens (tertiary/aromatic N) is 1. The van der Waals surface area contributed by atoms with Crippen LogP contribution in [0.2, 0.25) is 0 Å². The summed E-state index contributed by atoms with van der Waals surface area (Å²) < 4.78 is 25.8. The van der Waals surface area contributed by atoms with Gasteiger partial charge in [0.25, 0.3) is 11.8 Å². The van der Waals surface area contributed by atoms with Crippen molar-refractivity contribution in [2.45, 2.75) is 0 Å². The normalized spacial score (nSPS) is 14.6. The third-order valence-electron chi connectivity index (χ3n) is 3.16. The zero-order chi connectivity index (χ0) is 15.0. The van der Waals surface area contributed by atoms with Crippen molar-refractivity contribution in [1.29, 1.82) is 0 Å². The molecule has 0 spiro atoms. The standard InChI is InChI=1S/C16H9F2NO2/c17-11-3-1-10(2-4-11)14-9-15(20)19(16(14)21)13-7-5-12(18)6-8-13/h1-9H. The molecule has 5 heteroatoms. The van der Waals surface area contributed by atoms with Gasteiger partial charge in [-0.1, -0.05) is 12.1 Å². The van der Waals surface area contributed by atoms with Crippen molar-refractivity contribution in [1.82, 2.24) is 0 Å². The van der Waals surface area contributed by atoms with Gasteiger partial charge in [0.1, 0.15) is 11.6 Å². The van der Waals surface area contributed by atoms with Crippen molar-refractivity contribution in [2.24, 2.45) is 0 Å². The molecular weight excluding hydrogens is 276 g/mol. The molecule has 0 atom stereocenters. The zero-order valence-corrected chi connectivity index (χ0v) is 10.7. The Kier molecular flexibility index (Phi) is 3.10. The summed E-state index contributed by atoms with van der Waals surface area (Å²) in [7, 11) is 0. The van der Waals surface area contributed by atoms with Crippen LogP contribution in [0.15, 0.2) is 54.6 Å². The number of hydrogen-bond donors (Lipinski definition) is 0. The summed E-state index contributed by atoms with van der Waals surface area (Å²) in [6.45, 7) is 0. The Labute approximate surface area is 119 Å². The highest BCUT2D eigenvalue weighted by Crippen LogP contribution is 2.28. The summed E-state index contributed by atoms with van der Waals surface area (Å²) in [6.07, 6.45) is 1.19. The predicted molar refractivity (Wildman–Crippen MR) is 73.3 cm³/mol. The van der Waals surface area contributed by atoms with Gasteiger partial charge in [0.05, 0.1) is 11.3 Å². The molecule has 0 fully saturated rings. The van der Waals surface area contributed by atoms with Gasteiger partial charge >= 0.3 is 0 Å². The fraction of sp³-hybridized carbons (Fsp3) is 0. The van der Waals surface area contributed by atoms with E-state index in [4.69, 9.17) is 0 Å². The fourth-order valence-corrected chi connectivity index (χ4v) is 2.14. The highest BCUT2D eigenvalue weighted by atomic mass is 19.1. The van der Waals surface area contributed by atoms with Crippen LogP contribution in [0.5, 0.6) is 0 Å². The average Bonchev–Trinajstić information content (AvgIpc) is 2.76. The van der Waals surface area contributed by atoms with Crippen LogP contribution < -0.4 is 4.90 Å². The third kappa shape index (κ3) is 2.33. The van der Waals surface area contributed by atoms with Crippen LogP contribution in [0.1, 0.15) is 5.56 Å². The maximum Gasteiger partial charge on any atom is 0.266 e. The minimum Gasteiger partial charge on any atom is -0.269 e. The molecule has 3 rings (SSSR count). The molecule has 0 aliphatic carbocycles. The lowest BCUT2D eigenvalue weighted by atomic mass is 10.1. The van der Waals surface area contributed by atoms with Crippen molar-refractivity contribution in [2.75, 3.05) is 4.90 Å². The molecule has 1 aliphatic heterocycles. The van der Waals surface area contributed by atoms with Crippen molar-refractivity contribution < 1.29 is 18.4 Å². The Morgan fingerprint density at radius 3 is 1.86 bits per heavy atom. The van der Waals surface area contributed by atoms with Crippen molar-refractivity contribution in [3.63, 3.8) is 0 Å². The van der Waals surface area contributed by atoms with Crippen molar-refractivity contribution in [3.8, 4) is 0 Å². The molecule has 1 heterocycles. The van der Waals surface area contributed by atoms with Gasteiger partial charge in [-0.2, -0.15) is 0 Å². The average molecular weight is 285 g/mol. The lowest BCUT2D eigenvalue weighted by Crippen LogP contribution is -2.30. The number of benzene rings is 2. The molecule has 2 aromatic carbocycles. The van der Waals surface area contributed by atoms with E-state index in [9.17, 15) is 18.4 Å². The summed E-state index contributed by atoms with van der Waals surface area (Å²) in [5.41, 5.74) is 0.934. The second-order valence-corrected chi connectivity index (χ2v) is 4.52. The smallest absolute Gasteiger partial charge is 0.266 e. The number of imide groups is 1. The minimum atomic E-state index is -0.516. The number of carbonyl (C=O) groups is 2. The van der Waals surface area contributed by atoms with E-state index in [1.165, 1.54) is 54.6 Å². The molecule has 2 amide bonds. The lowest BCUT2D eigenvalue weighted by Gasteiger charge is -2.14. The second-order valence-electron chi connectivity index (χ2n) is 4.52. The van der Waals surface area contributed by atoms with Crippen LogP contribution in [0, 0.1) is 11.6 Å². The first-order valence-corrected chi connectivity index (χ1v) is 6.18. The van der Waals surface area contributed by atoms with Crippen molar-refractivity contribution >= 4 is 23.1 Å². The van der Waals surface area contributed by atoms with Gasteiger partial charge in [-0.25, -0.2) is 13.7 Å². The van der Waals surface area contributed by atoms with E-state index < -0.39 is 23.4 Å². The molecule has 0 N–H and O–H groups in total. The van der Waals surface area contributed by atoms with Gasteiger partial charge in [-0.05, 0) is 42.0 Å². The summed E-state index contributed by atoms with van der Waals surface area (Å²) in [5, 5.41) is 0. The van der Waals surface area contributed by atoms with Crippen molar-refractivity contribution in [3.05, 3.63) is 71.8 Å². The summed E-state index contributed by atoms with van der Waals surface area (Å²) in [6, 6.07) is 10.3. The van der Waals surface area contributed by atoms with Gasteiger partial charge < -0.3 is 0 Å². The largest absolute Gasteiger partial charge is 0.269 e. The van der Waals surface area contributed by atoms with Crippen LogP contribution in [0.4, 0.5) is 14.5 Å². The monoisotopic (exact) mass is 285 g/mol. The molecule has 21 heavy (non-hydrogen) atoms. The number of amides is 2. The molecule has 104 valence electrons. The van der Waals surface area contributed by atoms with E-state index in [0.717, 1.165) is 4.90 Å². The predicted octanol–water partition coefficient (Wildman–Crippen LogP) is 2.92. The lowest BCUT2D eigenvalue weighted by molar-refractivity contribution is -0.119. The molecule has 3 nitrogen and oxygen atoms in total. The Morgan fingerprint density at radius 2 is 1.29 bits per heavy atom. The van der Waals surface area contributed by atoms with Crippen LogP contribution in [-0.4, -0.2) is 11.8 Å². The van der Waals surface area contributed by atoms with Gasteiger partial charge in [0, 0.05) is 6.08 Å². The van der Waals surface area contributed by atoms with Gasteiger partial charge in [-0.15, -0.1) is 0 Å². The molecule has 0 radical (unpaired) electrons. The molecular formula is C16H9F2NO2. The fourth-order valence-electron chi connectivity index (χ4n) is 2.14. The zero-order valence-electron chi connectivity index (χ0n) is 10.7. The maximum atomic E-state index is 12.9. The number of rotatable bonds is 2. The number of carbonyl (C=O) groups excluding carboxylic acids is 2. The van der Waals surface area contributed by atoms with E-state index in [1.54, 1.807) is 0 Å². The molecule has 0 unspecified atom stereocenters. The Balaban J connectivity index is 1.95. The summed E-state index contributed by atoms with van der Waals surface area (Å²) in [5.74, 6) is -1.90. The molecule has 0 aromatic heterocycles. The Hall–Kier alpha value is -2.82. The minimum absolute atomic E-state index is 0.185. The first kappa shape index (κ1) is 13.2. The number of hydrogen-bond acceptors (Lipinski definition) is 2. The van der Waals surface area contributed by atoms with Crippen LogP contribution in [0.25, 0.3) is 5.57 Å². The highest BCUT2D eigenvalue weighted by molar-refractivity contribution is 6.43. The van der Waals surface area contributed by atoms with E-state index in [0.29, 0.717) is 11.3 Å². The first-order chi connectivity index (χ1) is 10.1. The van der Waals surface area contributed by atoms with E-state index in [-0.39, 0.29) is 5.57 Å². The summed E-state index contributed by atoms with van der Waals surface area (Å²) in [4.78, 5) is 25.3. The molecule has 0 saturated carbocycles. The molecule has 1 aliphatic rings. The van der Waals surface area contributed by atoms with Gasteiger partial charge in [-0.3, -0.25) is 9.59 Å². The first-order valence-electron chi connectivity index (χ1n) is 6.18. The van der Waals surface area contributed by atoms with E-state index in [2.05, 4.69) is 0 Å². The topological polar surface area (TPSA) is 37.4 Å². The second kappa shape index (κ2) is 4.94. The van der Waals surface area contributed by atoms with E-state index >= 15 is 0 Å². The van der Waals surface area contributed by atoms with Crippen LogP contribution in [-0.2, 0) is 9.59 Å². The van der Waals surface area contributed by atoms with Crippen LogP contribution in [0.3, 0.4) is 0 Å². The Morgan fingerprint density at radius 1 is 0.762 bits per heavy atom. The molecule has 0 bridgehead atoms. The number of anilines is 1. The molecule has 0 saturated heterocycles. The van der Waals surface area contributed by atoms with Gasteiger partial charge in [0.15, 0.2) is 0 Å². The third-order valence-corrected chi connectivity index (χ3v) is 3.16. The Bertz CT molecular complexity index is 749. The SMILES string of the molecule is O=C1C=C(c2ccc(F)cc2)C(=O)N1c1ccc(F)cc1. The molecule has 2 aromatic rings. The van der Waals surface area contributed by atoms with E-state index in [1.807, 2.05) is 0 Å².